The second-order valence-corrected chi connectivity index (χ2v) is 4.35. The van der Waals surface area contributed by atoms with Crippen molar-refractivity contribution >= 4 is 5.91 Å². The highest BCUT2D eigenvalue weighted by Crippen LogP contribution is 2.24. The van der Waals surface area contributed by atoms with E-state index in [1.165, 1.54) is 12.8 Å². The first kappa shape index (κ1) is 10.9. The van der Waals surface area contributed by atoms with Crippen molar-refractivity contribution in [1.29, 1.82) is 0 Å². The number of ether oxygens (including phenoxy) is 1. The summed E-state index contributed by atoms with van der Waals surface area (Å²) >= 11 is 0. The van der Waals surface area contributed by atoms with Gasteiger partial charge in [-0.05, 0) is 12.8 Å². The van der Waals surface area contributed by atoms with Gasteiger partial charge in [0.15, 0.2) is 0 Å². The molecule has 1 amide bonds. The van der Waals surface area contributed by atoms with Crippen LogP contribution in [-0.2, 0) is 9.53 Å². The van der Waals surface area contributed by atoms with E-state index in [9.17, 15) is 4.79 Å². The number of fused-ring (bicyclic) bond motifs is 1. The van der Waals surface area contributed by atoms with Gasteiger partial charge in [-0.2, -0.15) is 0 Å². The Morgan fingerprint density at radius 3 is 2.87 bits per heavy atom. The van der Waals surface area contributed by atoms with Crippen molar-refractivity contribution in [3.63, 3.8) is 0 Å². The molecule has 4 nitrogen and oxygen atoms in total. The molecule has 1 saturated heterocycles. The molecule has 2 rings (SSSR count). The molecule has 86 valence electrons. The zero-order valence-corrected chi connectivity index (χ0v) is 9.13. The van der Waals surface area contributed by atoms with Crippen molar-refractivity contribution in [2.24, 2.45) is 5.92 Å². The molecule has 0 aromatic carbocycles. The van der Waals surface area contributed by atoms with Crippen LogP contribution in [-0.4, -0.2) is 38.3 Å². The molecule has 2 N–H and O–H groups in total. The number of carbonyl (C=O) groups is 1. The van der Waals surface area contributed by atoms with E-state index in [-0.39, 0.29) is 11.8 Å². The molecule has 0 unspecified atom stereocenters. The normalized spacial score (nSPS) is 34.0. The van der Waals surface area contributed by atoms with Crippen molar-refractivity contribution in [2.75, 3.05) is 26.3 Å². The molecule has 2 fully saturated rings. The molecule has 1 saturated carbocycles. The summed E-state index contributed by atoms with van der Waals surface area (Å²) in [5, 5.41) is 6.38. The van der Waals surface area contributed by atoms with Crippen LogP contribution in [0.1, 0.15) is 25.7 Å². The van der Waals surface area contributed by atoms with Crippen LogP contribution in [0.4, 0.5) is 0 Å². The van der Waals surface area contributed by atoms with Gasteiger partial charge in [-0.3, -0.25) is 4.79 Å². The van der Waals surface area contributed by atoms with Crippen LogP contribution in [0, 0.1) is 5.92 Å². The van der Waals surface area contributed by atoms with Crippen LogP contribution in [0.15, 0.2) is 0 Å². The molecule has 2 atom stereocenters. The predicted molar refractivity (Wildman–Crippen MR) is 57.6 cm³/mol. The molecule has 0 spiro atoms. The van der Waals surface area contributed by atoms with E-state index >= 15 is 0 Å². The number of nitrogens with one attached hydrogen (secondary N) is 2. The molecule has 1 heterocycles. The molecule has 0 aromatic rings. The van der Waals surface area contributed by atoms with Crippen LogP contribution in [0.5, 0.6) is 0 Å². The maximum atomic E-state index is 11.9. The second-order valence-electron chi connectivity index (χ2n) is 4.35. The second kappa shape index (κ2) is 5.47. The van der Waals surface area contributed by atoms with Crippen molar-refractivity contribution in [1.82, 2.24) is 10.6 Å². The summed E-state index contributed by atoms with van der Waals surface area (Å²) in [6.07, 6.45) is 4.58. The van der Waals surface area contributed by atoms with Gasteiger partial charge >= 0.3 is 0 Å². The molecular formula is C11H20N2O2. The maximum absolute atomic E-state index is 11.9. The predicted octanol–water partition coefficient (Wildman–Crippen LogP) is 0.281. The third kappa shape index (κ3) is 2.92. The minimum Gasteiger partial charge on any atom is -0.378 e. The van der Waals surface area contributed by atoms with Crippen molar-refractivity contribution in [3.05, 3.63) is 0 Å². The molecule has 0 bridgehead atoms. The van der Waals surface area contributed by atoms with Gasteiger partial charge in [0.2, 0.25) is 5.91 Å². The average Bonchev–Trinajstić information content (AvgIpc) is 2.28. The summed E-state index contributed by atoms with van der Waals surface area (Å²) in [7, 11) is 0. The SMILES string of the molecule is O=C1NCCOCCN[C@@H]2CCCC[C@H]12. The van der Waals surface area contributed by atoms with Gasteiger partial charge in [0.1, 0.15) is 0 Å². The number of amides is 1. The topological polar surface area (TPSA) is 50.4 Å². The Kier molecular flexibility index (Phi) is 3.97. The lowest BCUT2D eigenvalue weighted by molar-refractivity contribution is -0.127. The molecule has 4 heteroatoms. The fourth-order valence-corrected chi connectivity index (χ4v) is 2.49. The summed E-state index contributed by atoms with van der Waals surface area (Å²) < 4.78 is 5.36. The Balaban J connectivity index is 1.96. The first-order chi connectivity index (χ1) is 7.38. The zero-order chi connectivity index (χ0) is 10.5. The lowest BCUT2D eigenvalue weighted by Crippen LogP contribution is -2.48. The molecular weight excluding hydrogens is 192 g/mol. The molecule has 0 radical (unpaired) electrons. The van der Waals surface area contributed by atoms with Crippen LogP contribution in [0.25, 0.3) is 0 Å². The Morgan fingerprint density at radius 2 is 1.93 bits per heavy atom. The van der Waals surface area contributed by atoms with Crippen LogP contribution in [0.2, 0.25) is 0 Å². The van der Waals surface area contributed by atoms with E-state index in [2.05, 4.69) is 10.6 Å². The molecule has 1 aliphatic heterocycles. The smallest absolute Gasteiger partial charge is 0.224 e. The van der Waals surface area contributed by atoms with Gasteiger partial charge < -0.3 is 15.4 Å². The van der Waals surface area contributed by atoms with Crippen LogP contribution < -0.4 is 10.6 Å². The van der Waals surface area contributed by atoms with Crippen molar-refractivity contribution < 1.29 is 9.53 Å². The minimum absolute atomic E-state index is 0.178. The summed E-state index contributed by atoms with van der Waals surface area (Å²) in [6, 6.07) is 0.362. The zero-order valence-electron chi connectivity index (χ0n) is 9.13. The van der Waals surface area contributed by atoms with E-state index in [4.69, 9.17) is 4.74 Å². The van der Waals surface area contributed by atoms with Crippen molar-refractivity contribution in [3.8, 4) is 0 Å². The Bertz CT molecular complexity index is 221. The van der Waals surface area contributed by atoms with E-state index in [1.807, 2.05) is 0 Å². The average molecular weight is 212 g/mol. The van der Waals surface area contributed by atoms with Gasteiger partial charge in [-0.1, -0.05) is 12.8 Å². The van der Waals surface area contributed by atoms with E-state index in [1.54, 1.807) is 0 Å². The maximum Gasteiger partial charge on any atom is 0.224 e. The number of hydrogen-bond donors (Lipinski definition) is 2. The third-order valence-corrected chi connectivity index (χ3v) is 3.30. The minimum atomic E-state index is 0.178. The monoisotopic (exact) mass is 212 g/mol. The van der Waals surface area contributed by atoms with Crippen LogP contribution in [0.3, 0.4) is 0 Å². The summed E-state index contributed by atoms with van der Waals surface area (Å²) in [5.74, 6) is 0.384. The lowest BCUT2D eigenvalue weighted by atomic mass is 9.84. The molecule has 2 aliphatic rings. The molecule has 15 heavy (non-hydrogen) atoms. The Hall–Kier alpha value is -0.610. The highest BCUT2D eigenvalue weighted by molar-refractivity contribution is 5.79. The number of hydrogen-bond acceptors (Lipinski definition) is 3. The van der Waals surface area contributed by atoms with E-state index < -0.39 is 0 Å². The highest BCUT2D eigenvalue weighted by Gasteiger charge is 2.30. The van der Waals surface area contributed by atoms with Crippen LogP contribution >= 0.6 is 0 Å². The molecule has 1 aliphatic carbocycles. The first-order valence-electron chi connectivity index (χ1n) is 5.97. The van der Waals surface area contributed by atoms with Crippen molar-refractivity contribution in [2.45, 2.75) is 31.7 Å². The van der Waals surface area contributed by atoms with Gasteiger partial charge in [0, 0.05) is 19.1 Å². The lowest BCUT2D eigenvalue weighted by Gasteiger charge is -2.32. The third-order valence-electron chi connectivity index (χ3n) is 3.30. The van der Waals surface area contributed by atoms with Gasteiger partial charge in [0.25, 0.3) is 0 Å². The quantitative estimate of drug-likeness (QED) is 0.606. The number of rotatable bonds is 0. The van der Waals surface area contributed by atoms with E-state index in [0.717, 1.165) is 26.0 Å². The fraction of sp³-hybridized carbons (Fsp3) is 0.909. The summed E-state index contributed by atoms with van der Waals surface area (Å²) in [6.45, 7) is 2.90. The fourth-order valence-electron chi connectivity index (χ4n) is 2.49. The Labute approximate surface area is 90.8 Å². The Morgan fingerprint density at radius 1 is 1.13 bits per heavy atom. The van der Waals surface area contributed by atoms with Gasteiger partial charge in [-0.25, -0.2) is 0 Å². The van der Waals surface area contributed by atoms with Gasteiger partial charge in [0.05, 0.1) is 19.1 Å². The molecule has 0 aromatic heterocycles. The standard InChI is InChI=1S/C11H20N2O2/c14-11-9-3-1-2-4-10(9)12-5-7-15-8-6-13-11/h9-10,12H,1-8H2,(H,13,14)/t9-,10+/m0/s1. The largest absolute Gasteiger partial charge is 0.378 e. The summed E-state index contributed by atoms with van der Waals surface area (Å²) in [4.78, 5) is 11.9. The van der Waals surface area contributed by atoms with E-state index in [0.29, 0.717) is 19.2 Å². The van der Waals surface area contributed by atoms with Gasteiger partial charge in [-0.15, -0.1) is 0 Å². The highest BCUT2D eigenvalue weighted by atomic mass is 16.5. The first-order valence-corrected chi connectivity index (χ1v) is 5.97. The summed E-state index contributed by atoms with van der Waals surface area (Å²) in [5.41, 5.74) is 0. The number of carbonyl (C=O) groups excluding carboxylic acids is 1.